The molecule has 0 bridgehead atoms. The van der Waals surface area contributed by atoms with Crippen molar-refractivity contribution in [2.75, 3.05) is 14.1 Å². The van der Waals surface area contributed by atoms with Gasteiger partial charge in [-0.25, -0.2) is 4.79 Å². The first-order chi connectivity index (χ1) is 7.41. The summed E-state index contributed by atoms with van der Waals surface area (Å²) in [5.41, 5.74) is 0. The maximum absolute atomic E-state index is 11.6. The minimum atomic E-state index is -0.204. The summed E-state index contributed by atoms with van der Waals surface area (Å²) < 4.78 is 5.58. The van der Waals surface area contributed by atoms with E-state index in [4.69, 9.17) is 4.74 Å². The van der Waals surface area contributed by atoms with Crippen LogP contribution in [0.15, 0.2) is 0 Å². The third-order valence-corrected chi connectivity index (χ3v) is 3.58. The summed E-state index contributed by atoms with van der Waals surface area (Å²) in [5, 5.41) is 0. The third-order valence-electron chi connectivity index (χ3n) is 3.58. The molecule has 0 spiro atoms. The van der Waals surface area contributed by atoms with E-state index in [9.17, 15) is 4.79 Å². The Labute approximate surface area is 99.1 Å². The second-order valence-corrected chi connectivity index (χ2v) is 5.64. The van der Waals surface area contributed by atoms with E-state index in [2.05, 4.69) is 20.8 Å². The Morgan fingerprint density at radius 3 is 2.44 bits per heavy atom. The number of rotatable bonds is 2. The van der Waals surface area contributed by atoms with E-state index >= 15 is 0 Å². The first-order valence-electron chi connectivity index (χ1n) is 6.29. The van der Waals surface area contributed by atoms with Crippen LogP contribution in [0, 0.1) is 17.8 Å². The summed E-state index contributed by atoms with van der Waals surface area (Å²) in [6.07, 6.45) is 3.37. The highest BCUT2D eigenvalue weighted by atomic mass is 16.6. The van der Waals surface area contributed by atoms with Crippen molar-refractivity contribution in [1.29, 1.82) is 0 Å². The summed E-state index contributed by atoms with van der Waals surface area (Å²) in [6, 6.07) is 0. The second kappa shape index (κ2) is 5.55. The SMILES string of the molecule is CC1CCC(C(C)C)C(OC(=O)N(C)C)C1. The molecule has 0 heterocycles. The lowest BCUT2D eigenvalue weighted by molar-refractivity contribution is -0.00494. The predicted molar refractivity (Wildman–Crippen MR) is 65.3 cm³/mol. The second-order valence-electron chi connectivity index (χ2n) is 5.64. The number of carbonyl (C=O) groups excluding carboxylic acids is 1. The Hall–Kier alpha value is -0.730. The van der Waals surface area contributed by atoms with Gasteiger partial charge in [-0.1, -0.05) is 27.2 Å². The molecule has 1 aliphatic carbocycles. The van der Waals surface area contributed by atoms with Crippen molar-refractivity contribution in [3.05, 3.63) is 0 Å². The van der Waals surface area contributed by atoms with E-state index in [1.807, 2.05) is 0 Å². The molecule has 3 nitrogen and oxygen atoms in total. The van der Waals surface area contributed by atoms with E-state index in [-0.39, 0.29) is 12.2 Å². The van der Waals surface area contributed by atoms with Crippen LogP contribution >= 0.6 is 0 Å². The highest BCUT2D eigenvalue weighted by Gasteiger charge is 2.33. The van der Waals surface area contributed by atoms with Crippen molar-refractivity contribution in [2.24, 2.45) is 17.8 Å². The maximum atomic E-state index is 11.6. The van der Waals surface area contributed by atoms with Crippen LogP contribution in [0.4, 0.5) is 4.79 Å². The quantitative estimate of drug-likeness (QED) is 0.725. The summed E-state index contributed by atoms with van der Waals surface area (Å²) in [5.74, 6) is 1.79. The van der Waals surface area contributed by atoms with Crippen LogP contribution in [0.1, 0.15) is 40.0 Å². The smallest absolute Gasteiger partial charge is 0.409 e. The van der Waals surface area contributed by atoms with Crippen molar-refractivity contribution in [3.8, 4) is 0 Å². The Balaban J connectivity index is 2.61. The number of carbonyl (C=O) groups is 1. The molecule has 0 aromatic rings. The van der Waals surface area contributed by atoms with E-state index < -0.39 is 0 Å². The van der Waals surface area contributed by atoms with Crippen molar-refractivity contribution < 1.29 is 9.53 Å². The van der Waals surface area contributed by atoms with Gasteiger partial charge in [-0.15, -0.1) is 0 Å². The van der Waals surface area contributed by atoms with Crippen LogP contribution in [0.2, 0.25) is 0 Å². The van der Waals surface area contributed by atoms with E-state index in [1.165, 1.54) is 17.7 Å². The van der Waals surface area contributed by atoms with Gasteiger partial charge in [-0.3, -0.25) is 0 Å². The minimum Gasteiger partial charge on any atom is -0.446 e. The highest BCUT2D eigenvalue weighted by molar-refractivity contribution is 5.67. The molecule has 1 rings (SSSR count). The molecular weight excluding hydrogens is 202 g/mol. The summed E-state index contributed by atoms with van der Waals surface area (Å²) in [7, 11) is 3.47. The lowest BCUT2D eigenvalue weighted by Crippen LogP contribution is -2.38. The molecular formula is C13H25NO2. The van der Waals surface area contributed by atoms with Crippen LogP contribution in [-0.2, 0) is 4.74 Å². The number of nitrogens with zero attached hydrogens (tertiary/aromatic N) is 1. The third kappa shape index (κ3) is 3.39. The lowest BCUT2D eigenvalue weighted by atomic mass is 9.75. The molecule has 0 N–H and O–H groups in total. The van der Waals surface area contributed by atoms with E-state index in [0.717, 1.165) is 6.42 Å². The topological polar surface area (TPSA) is 29.5 Å². The van der Waals surface area contributed by atoms with Crippen molar-refractivity contribution >= 4 is 6.09 Å². The van der Waals surface area contributed by atoms with Crippen LogP contribution < -0.4 is 0 Å². The van der Waals surface area contributed by atoms with Gasteiger partial charge in [-0.2, -0.15) is 0 Å². The van der Waals surface area contributed by atoms with Gasteiger partial charge in [0.1, 0.15) is 6.10 Å². The van der Waals surface area contributed by atoms with E-state index in [0.29, 0.717) is 17.8 Å². The van der Waals surface area contributed by atoms with Gasteiger partial charge in [0.2, 0.25) is 0 Å². The van der Waals surface area contributed by atoms with Crippen molar-refractivity contribution in [2.45, 2.75) is 46.1 Å². The first-order valence-corrected chi connectivity index (χ1v) is 6.29. The largest absolute Gasteiger partial charge is 0.446 e. The molecule has 0 radical (unpaired) electrons. The molecule has 0 aliphatic heterocycles. The number of hydrogen-bond acceptors (Lipinski definition) is 2. The van der Waals surface area contributed by atoms with Gasteiger partial charge < -0.3 is 9.64 Å². The van der Waals surface area contributed by atoms with Gasteiger partial charge in [-0.05, 0) is 30.6 Å². The lowest BCUT2D eigenvalue weighted by Gasteiger charge is -2.37. The van der Waals surface area contributed by atoms with Gasteiger partial charge in [0.05, 0.1) is 0 Å². The molecule has 3 unspecified atom stereocenters. The summed E-state index contributed by atoms with van der Waals surface area (Å²) >= 11 is 0. The molecule has 0 saturated heterocycles. The Kier molecular flexibility index (Phi) is 4.63. The Morgan fingerprint density at radius 2 is 1.94 bits per heavy atom. The zero-order valence-corrected chi connectivity index (χ0v) is 11.2. The van der Waals surface area contributed by atoms with Crippen LogP contribution in [0.25, 0.3) is 0 Å². The maximum Gasteiger partial charge on any atom is 0.409 e. The average Bonchev–Trinajstić information content (AvgIpc) is 2.16. The van der Waals surface area contributed by atoms with Gasteiger partial charge >= 0.3 is 6.09 Å². The molecule has 0 aromatic heterocycles. The monoisotopic (exact) mass is 227 g/mol. The molecule has 0 aromatic carbocycles. The van der Waals surface area contributed by atoms with Crippen LogP contribution in [0.3, 0.4) is 0 Å². The summed E-state index contributed by atoms with van der Waals surface area (Å²) in [6.45, 7) is 6.68. The van der Waals surface area contributed by atoms with Crippen molar-refractivity contribution in [1.82, 2.24) is 4.90 Å². The molecule has 16 heavy (non-hydrogen) atoms. The van der Waals surface area contributed by atoms with Gasteiger partial charge in [0.15, 0.2) is 0 Å². The fourth-order valence-electron chi connectivity index (χ4n) is 2.49. The standard InChI is InChI=1S/C13H25NO2/c1-9(2)11-7-6-10(3)8-12(11)16-13(15)14(4)5/h9-12H,6-8H2,1-5H3. The highest BCUT2D eigenvalue weighted by Crippen LogP contribution is 2.35. The zero-order chi connectivity index (χ0) is 12.3. The molecule has 3 atom stereocenters. The number of ether oxygens (including phenoxy) is 1. The normalized spacial score (nSPS) is 30.2. The van der Waals surface area contributed by atoms with Gasteiger partial charge in [0.25, 0.3) is 0 Å². The molecule has 1 aliphatic rings. The van der Waals surface area contributed by atoms with Gasteiger partial charge in [0, 0.05) is 14.1 Å². The molecule has 1 amide bonds. The molecule has 94 valence electrons. The average molecular weight is 227 g/mol. The number of hydrogen-bond donors (Lipinski definition) is 0. The minimum absolute atomic E-state index is 0.110. The van der Waals surface area contributed by atoms with Crippen LogP contribution in [-0.4, -0.2) is 31.2 Å². The zero-order valence-electron chi connectivity index (χ0n) is 11.2. The Morgan fingerprint density at radius 1 is 1.31 bits per heavy atom. The predicted octanol–water partition coefficient (Wildman–Crippen LogP) is 3.15. The van der Waals surface area contributed by atoms with E-state index in [1.54, 1.807) is 14.1 Å². The first kappa shape index (κ1) is 13.3. The molecule has 3 heteroatoms. The molecule has 1 fully saturated rings. The summed E-state index contributed by atoms with van der Waals surface area (Å²) in [4.78, 5) is 13.1. The Bertz CT molecular complexity index is 238. The fraction of sp³-hybridized carbons (Fsp3) is 0.923. The van der Waals surface area contributed by atoms with Crippen LogP contribution in [0.5, 0.6) is 0 Å². The van der Waals surface area contributed by atoms with Crippen molar-refractivity contribution in [3.63, 3.8) is 0 Å². The molecule has 1 saturated carbocycles. The fourth-order valence-corrected chi connectivity index (χ4v) is 2.49. The number of amides is 1.